The second kappa shape index (κ2) is 4.09. The molecule has 0 rings (SSSR count). The third-order valence-corrected chi connectivity index (χ3v) is 0.341. The first-order valence-electron chi connectivity index (χ1n) is 1.53. The van der Waals surface area contributed by atoms with E-state index in [4.69, 9.17) is 5.11 Å². The first-order valence-corrected chi connectivity index (χ1v) is 1.53. The first kappa shape index (κ1) is 10.0. The van der Waals surface area contributed by atoms with Crippen LogP contribution in [0.15, 0.2) is 0 Å². The minimum absolute atomic E-state index is 0. The normalized spacial score (nSPS) is 11.7. The third kappa shape index (κ3) is 5.92. The van der Waals surface area contributed by atoms with Gasteiger partial charge >= 0.3 is 16.5 Å². The van der Waals surface area contributed by atoms with Gasteiger partial charge in [-0.15, -0.1) is 0 Å². The van der Waals surface area contributed by atoms with Crippen LogP contribution in [0.1, 0.15) is 6.92 Å². The Labute approximate surface area is 51.3 Å². The smallest absolute Gasteiger partial charge is 0.547 e. The van der Waals surface area contributed by atoms with Crippen LogP contribution >= 0.6 is 0 Å². The standard InChI is InChI=1S/C3H6O3.Ni/c1-2(4)3(5)6;/h2,4H,1H3,(H,5,6);/q;+2/p-1. The molecule has 0 aromatic rings. The van der Waals surface area contributed by atoms with Gasteiger partial charge in [-0.1, -0.05) is 0 Å². The predicted octanol–water partition coefficient (Wildman–Crippen LogP) is -1.89. The van der Waals surface area contributed by atoms with E-state index in [0.717, 1.165) is 6.92 Å². The van der Waals surface area contributed by atoms with Crippen molar-refractivity contribution in [1.29, 1.82) is 0 Å². The van der Waals surface area contributed by atoms with Gasteiger partial charge in [0.05, 0.1) is 12.1 Å². The molecule has 3 nitrogen and oxygen atoms in total. The van der Waals surface area contributed by atoms with Crippen LogP contribution in [0.4, 0.5) is 0 Å². The molecule has 0 saturated carbocycles. The van der Waals surface area contributed by atoms with Crippen molar-refractivity contribution in [2.45, 2.75) is 13.0 Å². The summed E-state index contributed by atoms with van der Waals surface area (Å²) in [6.07, 6.45) is -1.34. The fourth-order valence-corrected chi connectivity index (χ4v) is 0. The van der Waals surface area contributed by atoms with Gasteiger partial charge in [0, 0.05) is 0 Å². The van der Waals surface area contributed by atoms with Crippen LogP contribution in [-0.4, -0.2) is 17.2 Å². The Bertz CT molecular complexity index is 61.2. The van der Waals surface area contributed by atoms with Crippen LogP contribution < -0.4 is 5.11 Å². The fraction of sp³-hybridized carbons (Fsp3) is 0.667. The maximum Gasteiger partial charge on any atom is 2.00 e. The van der Waals surface area contributed by atoms with E-state index >= 15 is 0 Å². The maximum absolute atomic E-state index is 9.34. The Morgan fingerprint density at radius 3 is 2.00 bits per heavy atom. The van der Waals surface area contributed by atoms with Crippen LogP contribution in [0.25, 0.3) is 0 Å². The molecular weight excluding hydrogens is 143 g/mol. The van der Waals surface area contributed by atoms with Crippen molar-refractivity contribution in [3.05, 3.63) is 0 Å². The molecule has 0 heterocycles. The molecule has 4 heteroatoms. The van der Waals surface area contributed by atoms with Gasteiger partial charge in [-0.05, 0) is 6.92 Å². The van der Waals surface area contributed by atoms with Crippen molar-refractivity contribution >= 4 is 5.97 Å². The third-order valence-electron chi connectivity index (χ3n) is 0.341. The molecule has 1 unspecified atom stereocenters. The molecule has 0 aromatic heterocycles. The number of aliphatic hydroxyl groups is 1. The predicted molar refractivity (Wildman–Crippen MR) is 16.7 cm³/mol. The van der Waals surface area contributed by atoms with Gasteiger partial charge in [0.1, 0.15) is 0 Å². The topological polar surface area (TPSA) is 60.4 Å². The zero-order chi connectivity index (χ0) is 5.15. The summed E-state index contributed by atoms with van der Waals surface area (Å²) in [4.78, 5) is 9.34. The molecule has 0 aliphatic rings. The van der Waals surface area contributed by atoms with Crippen molar-refractivity contribution in [2.24, 2.45) is 0 Å². The molecule has 1 atom stereocenters. The average molecular weight is 148 g/mol. The van der Waals surface area contributed by atoms with Crippen LogP contribution in [0, 0.1) is 0 Å². The van der Waals surface area contributed by atoms with Crippen LogP contribution in [0.5, 0.6) is 0 Å². The second-order valence-corrected chi connectivity index (χ2v) is 0.995. The Morgan fingerprint density at radius 2 is 2.00 bits per heavy atom. The summed E-state index contributed by atoms with van der Waals surface area (Å²) >= 11 is 0. The molecule has 0 aliphatic heterocycles. The number of aliphatic hydroxyl groups excluding tert-OH is 1. The van der Waals surface area contributed by atoms with Crippen molar-refractivity contribution in [3.8, 4) is 0 Å². The summed E-state index contributed by atoms with van der Waals surface area (Å²) in [7, 11) is 0. The fourth-order valence-electron chi connectivity index (χ4n) is 0. The van der Waals surface area contributed by atoms with Crippen LogP contribution in [0.2, 0.25) is 0 Å². The molecule has 0 bridgehead atoms. The Hall–Kier alpha value is -0.0765. The molecule has 0 amide bonds. The monoisotopic (exact) mass is 147 g/mol. The summed E-state index contributed by atoms with van der Waals surface area (Å²) in [6, 6.07) is 0. The largest absolute Gasteiger partial charge is 2.00 e. The summed E-state index contributed by atoms with van der Waals surface area (Å²) in [5, 5.41) is 17.3. The number of hydrogen-bond donors (Lipinski definition) is 1. The van der Waals surface area contributed by atoms with Crippen molar-refractivity contribution in [3.63, 3.8) is 0 Å². The van der Waals surface area contributed by atoms with Gasteiger partial charge in [-0.2, -0.15) is 0 Å². The number of carboxylic acid groups (broad SMARTS) is 1. The molecule has 0 saturated heterocycles. The van der Waals surface area contributed by atoms with E-state index in [1.807, 2.05) is 0 Å². The Kier molecular flexibility index (Phi) is 5.86. The molecule has 0 fully saturated rings. The van der Waals surface area contributed by atoms with E-state index in [1.165, 1.54) is 0 Å². The van der Waals surface area contributed by atoms with Gasteiger partial charge in [0.2, 0.25) is 0 Å². The Balaban J connectivity index is 0. The van der Waals surface area contributed by atoms with E-state index in [9.17, 15) is 9.90 Å². The summed E-state index contributed by atoms with van der Waals surface area (Å²) in [5.41, 5.74) is 0. The SMILES string of the molecule is CC(O)C(=O)[O-].[Ni+2]. The van der Waals surface area contributed by atoms with Crippen molar-refractivity contribution in [2.75, 3.05) is 0 Å². The van der Waals surface area contributed by atoms with Crippen molar-refractivity contribution in [1.82, 2.24) is 0 Å². The molecule has 0 spiro atoms. The van der Waals surface area contributed by atoms with Gasteiger partial charge in [0.15, 0.2) is 0 Å². The quantitative estimate of drug-likeness (QED) is 0.442. The van der Waals surface area contributed by atoms with Gasteiger partial charge in [0.25, 0.3) is 0 Å². The number of hydrogen-bond acceptors (Lipinski definition) is 3. The molecule has 0 aliphatic carbocycles. The number of aliphatic carboxylic acids is 1. The van der Waals surface area contributed by atoms with Gasteiger partial charge in [-0.3, -0.25) is 0 Å². The molecular formula is C3H5NiO3+. The summed E-state index contributed by atoms with van der Waals surface area (Å²) < 4.78 is 0. The molecule has 1 N–H and O–H groups in total. The molecule has 0 aromatic carbocycles. The average Bonchev–Trinajstić information content (AvgIpc) is 1.36. The van der Waals surface area contributed by atoms with E-state index in [0.29, 0.717) is 0 Å². The van der Waals surface area contributed by atoms with E-state index in [1.54, 1.807) is 0 Å². The van der Waals surface area contributed by atoms with Gasteiger partial charge in [-0.25, -0.2) is 0 Å². The number of rotatable bonds is 1. The van der Waals surface area contributed by atoms with E-state index in [2.05, 4.69) is 0 Å². The van der Waals surface area contributed by atoms with Crippen LogP contribution in [-0.2, 0) is 21.3 Å². The first-order chi connectivity index (χ1) is 2.64. The van der Waals surface area contributed by atoms with E-state index in [-0.39, 0.29) is 16.5 Å². The number of carboxylic acids is 1. The number of carbonyl (C=O) groups is 1. The van der Waals surface area contributed by atoms with Crippen LogP contribution in [0.3, 0.4) is 0 Å². The van der Waals surface area contributed by atoms with Gasteiger partial charge < -0.3 is 15.0 Å². The van der Waals surface area contributed by atoms with Crippen molar-refractivity contribution < 1.29 is 31.5 Å². The summed E-state index contributed by atoms with van der Waals surface area (Å²) in [5.74, 6) is -1.44. The molecule has 44 valence electrons. The number of carbonyl (C=O) groups excluding carboxylic acids is 1. The maximum atomic E-state index is 9.34. The summed E-state index contributed by atoms with van der Waals surface area (Å²) in [6.45, 7) is 1.13. The minimum atomic E-state index is -1.44. The zero-order valence-electron chi connectivity index (χ0n) is 3.66. The molecule has 0 radical (unpaired) electrons. The second-order valence-electron chi connectivity index (χ2n) is 0.995. The zero-order valence-corrected chi connectivity index (χ0v) is 4.64. The Morgan fingerprint density at radius 1 is 1.86 bits per heavy atom. The minimum Gasteiger partial charge on any atom is -0.547 e. The molecule has 7 heavy (non-hydrogen) atoms. The van der Waals surface area contributed by atoms with E-state index < -0.39 is 12.1 Å².